The molecule has 0 radical (unpaired) electrons. The predicted octanol–water partition coefficient (Wildman–Crippen LogP) is 0.284. The number of aryl methyl sites for hydroxylation is 1. The first-order valence-corrected chi connectivity index (χ1v) is 7.26. The molecule has 0 aromatic carbocycles. The van der Waals surface area contributed by atoms with Gasteiger partial charge in [0.15, 0.2) is 0 Å². The van der Waals surface area contributed by atoms with E-state index in [2.05, 4.69) is 15.2 Å². The average Bonchev–Trinajstić information content (AvgIpc) is 2.47. The van der Waals surface area contributed by atoms with Gasteiger partial charge in [0.2, 0.25) is 5.91 Å². The van der Waals surface area contributed by atoms with Crippen molar-refractivity contribution in [2.75, 3.05) is 39.3 Å². The molecule has 2 heterocycles. The van der Waals surface area contributed by atoms with Gasteiger partial charge in [-0.05, 0) is 19.1 Å². The Bertz CT molecular complexity index is 510. The van der Waals surface area contributed by atoms with Gasteiger partial charge in [0.05, 0.1) is 0 Å². The molecule has 1 aromatic heterocycles. The number of nitrogens with zero attached hydrogens (tertiary/aromatic N) is 3. The summed E-state index contributed by atoms with van der Waals surface area (Å²) in [6, 6.07) is 5.51. The van der Waals surface area contributed by atoms with Crippen molar-refractivity contribution >= 4 is 11.8 Å². The molecule has 6 nitrogen and oxygen atoms in total. The largest absolute Gasteiger partial charge is 0.355 e. The Morgan fingerprint density at radius 1 is 1.24 bits per heavy atom. The van der Waals surface area contributed by atoms with E-state index >= 15 is 0 Å². The molecule has 0 saturated carbocycles. The monoisotopic (exact) mass is 290 g/mol. The van der Waals surface area contributed by atoms with Crippen molar-refractivity contribution in [2.24, 2.45) is 0 Å². The summed E-state index contributed by atoms with van der Waals surface area (Å²) in [7, 11) is 0. The molecule has 21 heavy (non-hydrogen) atoms. The van der Waals surface area contributed by atoms with Gasteiger partial charge in [0.1, 0.15) is 5.69 Å². The van der Waals surface area contributed by atoms with Crippen molar-refractivity contribution in [3.8, 4) is 0 Å². The van der Waals surface area contributed by atoms with E-state index in [9.17, 15) is 9.59 Å². The lowest BCUT2D eigenvalue weighted by Crippen LogP contribution is -2.50. The highest BCUT2D eigenvalue weighted by molar-refractivity contribution is 5.92. The van der Waals surface area contributed by atoms with Gasteiger partial charge in [0.25, 0.3) is 5.91 Å². The van der Waals surface area contributed by atoms with Crippen LogP contribution in [0.15, 0.2) is 18.2 Å². The second-order valence-corrected chi connectivity index (χ2v) is 5.28. The Hall–Kier alpha value is -1.95. The highest BCUT2D eigenvalue weighted by Crippen LogP contribution is 2.07. The van der Waals surface area contributed by atoms with E-state index in [0.717, 1.165) is 25.3 Å². The normalized spacial score (nSPS) is 15.8. The zero-order valence-electron chi connectivity index (χ0n) is 12.6. The molecule has 2 amide bonds. The van der Waals surface area contributed by atoms with E-state index in [1.54, 1.807) is 6.07 Å². The van der Waals surface area contributed by atoms with Crippen LogP contribution in [-0.2, 0) is 4.79 Å². The van der Waals surface area contributed by atoms with E-state index in [-0.39, 0.29) is 11.8 Å². The maximum absolute atomic E-state index is 12.3. The second-order valence-electron chi connectivity index (χ2n) is 5.28. The van der Waals surface area contributed by atoms with Crippen LogP contribution in [0.1, 0.15) is 23.1 Å². The van der Waals surface area contributed by atoms with E-state index in [4.69, 9.17) is 0 Å². The lowest BCUT2D eigenvalue weighted by atomic mass is 10.2. The molecule has 1 saturated heterocycles. The first-order chi connectivity index (χ1) is 10.1. The molecule has 2 rings (SSSR count). The van der Waals surface area contributed by atoms with Crippen molar-refractivity contribution in [1.82, 2.24) is 20.1 Å². The van der Waals surface area contributed by atoms with Crippen LogP contribution in [0.5, 0.6) is 0 Å². The number of pyridine rings is 1. The standard InChI is InChI=1S/C15H22N4O2/c1-12-4-3-5-14(17-12)15(21)19-10-8-18(9-11-19)7-6-16-13(2)20/h3-5H,6-11H2,1-2H3,(H,16,20). The Kier molecular flexibility index (Phi) is 5.27. The molecule has 0 unspecified atom stereocenters. The zero-order chi connectivity index (χ0) is 15.2. The minimum atomic E-state index is -0.00524. The molecule has 0 atom stereocenters. The van der Waals surface area contributed by atoms with Gasteiger partial charge in [-0.15, -0.1) is 0 Å². The van der Waals surface area contributed by atoms with Crippen molar-refractivity contribution < 1.29 is 9.59 Å². The number of hydrogen-bond acceptors (Lipinski definition) is 4. The molecule has 114 valence electrons. The van der Waals surface area contributed by atoms with Crippen LogP contribution in [-0.4, -0.2) is 65.9 Å². The highest BCUT2D eigenvalue weighted by atomic mass is 16.2. The zero-order valence-corrected chi connectivity index (χ0v) is 12.6. The number of hydrogen-bond donors (Lipinski definition) is 1. The summed E-state index contributed by atoms with van der Waals surface area (Å²) in [5.74, 6) is -0.00505. The molecular formula is C15H22N4O2. The van der Waals surface area contributed by atoms with Gasteiger partial charge in [-0.3, -0.25) is 14.5 Å². The fraction of sp³-hybridized carbons (Fsp3) is 0.533. The minimum Gasteiger partial charge on any atom is -0.355 e. The average molecular weight is 290 g/mol. The number of aromatic nitrogens is 1. The third kappa shape index (κ3) is 4.53. The lowest BCUT2D eigenvalue weighted by Gasteiger charge is -2.34. The fourth-order valence-electron chi connectivity index (χ4n) is 2.39. The quantitative estimate of drug-likeness (QED) is 0.865. The molecule has 0 bridgehead atoms. The second kappa shape index (κ2) is 7.17. The van der Waals surface area contributed by atoms with Gasteiger partial charge in [-0.1, -0.05) is 6.07 Å². The topological polar surface area (TPSA) is 65.5 Å². The van der Waals surface area contributed by atoms with Gasteiger partial charge < -0.3 is 10.2 Å². The van der Waals surface area contributed by atoms with Crippen LogP contribution in [0, 0.1) is 6.92 Å². The lowest BCUT2D eigenvalue weighted by molar-refractivity contribution is -0.119. The van der Waals surface area contributed by atoms with Crippen LogP contribution in [0.4, 0.5) is 0 Å². The summed E-state index contributed by atoms with van der Waals surface area (Å²) < 4.78 is 0. The smallest absolute Gasteiger partial charge is 0.272 e. The molecule has 1 aliphatic heterocycles. The van der Waals surface area contributed by atoms with E-state index in [1.807, 2.05) is 24.0 Å². The van der Waals surface area contributed by atoms with Crippen molar-refractivity contribution in [2.45, 2.75) is 13.8 Å². The fourth-order valence-corrected chi connectivity index (χ4v) is 2.39. The molecule has 1 N–H and O–H groups in total. The van der Waals surface area contributed by atoms with E-state index in [0.29, 0.717) is 25.3 Å². The van der Waals surface area contributed by atoms with Gasteiger partial charge in [-0.2, -0.15) is 0 Å². The van der Waals surface area contributed by atoms with E-state index in [1.165, 1.54) is 6.92 Å². The Morgan fingerprint density at radius 3 is 2.57 bits per heavy atom. The summed E-state index contributed by atoms with van der Waals surface area (Å²) >= 11 is 0. The number of piperazine rings is 1. The first kappa shape index (κ1) is 15.4. The summed E-state index contributed by atoms with van der Waals surface area (Å²) in [5.41, 5.74) is 1.37. The summed E-state index contributed by atoms with van der Waals surface area (Å²) in [4.78, 5) is 31.6. The molecule has 6 heteroatoms. The maximum atomic E-state index is 12.3. The number of carbonyl (C=O) groups is 2. The van der Waals surface area contributed by atoms with Crippen molar-refractivity contribution in [1.29, 1.82) is 0 Å². The summed E-state index contributed by atoms with van der Waals surface area (Å²) in [6.45, 7) is 7.95. The third-order valence-corrected chi connectivity index (χ3v) is 3.57. The number of amides is 2. The number of rotatable bonds is 4. The van der Waals surface area contributed by atoms with Crippen molar-refractivity contribution in [3.05, 3.63) is 29.6 Å². The SMILES string of the molecule is CC(=O)NCCN1CCN(C(=O)c2cccc(C)n2)CC1. The van der Waals surface area contributed by atoms with Crippen LogP contribution < -0.4 is 5.32 Å². The van der Waals surface area contributed by atoms with Gasteiger partial charge >= 0.3 is 0 Å². The molecule has 1 aliphatic rings. The van der Waals surface area contributed by atoms with Crippen LogP contribution in [0.3, 0.4) is 0 Å². The summed E-state index contributed by atoms with van der Waals surface area (Å²) in [6.07, 6.45) is 0. The predicted molar refractivity (Wildman–Crippen MR) is 80.0 cm³/mol. The third-order valence-electron chi connectivity index (χ3n) is 3.57. The molecule has 1 aromatic rings. The molecule has 0 aliphatic carbocycles. The summed E-state index contributed by atoms with van der Waals surface area (Å²) in [5, 5.41) is 2.79. The van der Waals surface area contributed by atoms with Crippen LogP contribution in [0.2, 0.25) is 0 Å². The Morgan fingerprint density at radius 2 is 1.95 bits per heavy atom. The van der Waals surface area contributed by atoms with Crippen LogP contribution >= 0.6 is 0 Å². The number of nitrogens with one attached hydrogen (secondary N) is 1. The van der Waals surface area contributed by atoms with Gasteiger partial charge in [-0.25, -0.2) is 4.98 Å². The minimum absolute atomic E-state index is 0.000195. The van der Waals surface area contributed by atoms with Crippen LogP contribution in [0.25, 0.3) is 0 Å². The molecule has 0 spiro atoms. The van der Waals surface area contributed by atoms with Crippen molar-refractivity contribution in [3.63, 3.8) is 0 Å². The molecular weight excluding hydrogens is 268 g/mol. The molecule has 1 fully saturated rings. The Balaban J connectivity index is 1.81. The first-order valence-electron chi connectivity index (χ1n) is 7.26. The number of carbonyl (C=O) groups excluding carboxylic acids is 2. The van der Waals surface area contributed by atoms with E-state index < -0.39 is 0 Å². The van der Waals surface area contributed by atoms with Gasteiger partial charge in [0, 0.05) is 51.9 Å². The highest BCUT2D eigenvalue weighted by Gasteiger charge is 2.22. The maximum Gasteiger partial charge on any atom is 0.272 e. The Labute approximate surface area is 125 Å².